The first-order valence-corrected chi connectivity index (χ1v) is 14.0. The summed E-state index contributed by atoms with van der Waals surface area (Å²) < 4.78 is 20.5. The van der Waals surface area contributed by atoms with Crippen molar-refractivity contribution in [3.63, 3.8) is 0 Å². The number of carbonyl (C=O) groups excluding carboxylic acids is 2. The van der Waals surface area contributed by atoms with Crippen LogP contribution in [-0.2, 0) is 33.6 Å². The molecule has 0 saturated heterocycles. The highest BCUT2D eigenvalue weighted by molar-refractivity contribution is 5.74. The zero-order valence-electron chi connectivity index (χ0n) is 25.6. The van der Waals surface area contributed by atoms with Gasteiger partial charge in [0.25, 0.3) is 0 Å². The molecule has 0 bridgehead atoms. The minimum absolute atomic E-state index is 0.00765. The molecule has 1 amide bonds. The summed E-state index contributed by atoms with van der Waals surface area (Å²) in [7, 11) is 0. The van der Waals surface area contributed by atoms with E-state index in [0.717, 1.165) is 43.0 Å². The predicted octanol–water partition coefficient (Wildman–Crippen LogP) is 3.51. The van der Waals surface area contributed by atoms with Crippen molar-refractivity contribution in [2.75, 3.05) is 19.8 Å². The van der Waals surface area contributed by atoms with E-state index in [1.165, 1.54) is 13.8 Å². The fourth-order valence-corrected chi connectivity index (χ4v) is 3.60. The Kier molecular flexibility index (Phi) is 15.9. The van der Waals surface area contributed by atoms with Gasteiger partial charge < -0.3 is 45.0 Å². The van der Waals surface area contributed by atoms with Crippen LogP contribution in [0, 0.1) is 0 Å². The fraction of sp³-hybridized carbons (Fsp3) is 0.548. The molecule has 11 heteroatoms. The quantitative estimate of drug-likeness (QED) is 0.174. The maximum absolute atomic E-state index is 11.2. The fourth-order valence-electron chi connectivity index (χ4n) is 3.60. The second-order valence-corrected chi connectivity index (χ2v) is 11.4. The SMILES string of the molecule is CC(=O)N[C@](C)(CCc1ccco1)COC(C)=O.CC(N)(CO)CCc1ccco1.CC(N)(CO)CCc1ccco1. The van der Waals surface area contributed by atoms with Crippen molar-refractivity contribution in [1.29, 1.82) is 0 Å². The third kappa shape index (κ3) is 16.8. The largest absolute Gasteiger partial charge is 0.469 e. The maximum atomic E-state index is 11.2. The zero-order chi connectivity index (χ0) is 31.7. The third-order valence-electron chi connectivity index (χ3n) is 6.34. The highest BCUT2D eigenvalue weighted by Crippen LogP contribution is 2.16. The second kappa shape index (κ2) is 18.2. The minimum atomic E-state index is -0.579. The summed E-state index contributed by atoms with van der Waals surface area (Å²) in [6.07, 6.45) is 9.22. The Morgan fingerprint density at radius 1 is 0.762 bits per heavy atom. The number of nitrogens with two attached hydrogens (primary N) is 2. The van der Waals surface area contributed by atoms with Crippen LogP contribution in [-0.4, -0.2) is 58.5 Å². The Labute approximate surface area is 248 Å². The van der Waals surface area contributed by atoms with Gasteiger partial charge in [-0.2, -0.15) is 0 Å². The molecule has 0 aromatic carbocycles. The van der Waals surface area contributed by atoms with Crippen LogP contribution < -0.4 is 16.8 Å². The van der Waals surface area contributed by atoms with Gasteiger partial charge in [-0.25, -0.2) is 0 Å². The molecule has 2 unspecified atom stereocenters. The Morgan fingerprint density at radius 3 is 1.43 bits per heavy atom. The highest BCUT2D eigenvalue weighted by atomic mass is 16.5. The Hall–Kier alpha value is -3.38. The molecule has 0 spiro atoms. The van der Waals surface area contributed by atoms with Crippen molar-refractivity contribution in [3.05, 3.63) is 72.5 Å². The van der Waals surface area contributed by atoms with Gasteiger partial charge in [-0.05, 0) is 76.4 Å². The highest BCUT2D eigenvalue weighted by Gasteiger charge is 2.27. The first kappa shape index (κ1) is 36.6. The van der Waals surface area contributed by atoms with E-state index < -0.39 is 16.6 Å². The number of nitrogens with one attached hydrogen (secondary N) is 1. The smallest absolute Gasteiger partial charge is 0.302 e. The molecule has 0 aliphatic carbocycles. The molecule has 3 atom stereocenters. The van der Waals surface area contributed by atoms with Crippen molar-refractivity contribution in [2.45, 2.75) is 89.8 Å². The number of amides is 1. The lowest BCUT2D eigenvalue weighted by Crippen LogP contribution is -2.49. The zero-order valence-corrected chi connectivity index (χ0v) is 25.6. The van der Waals surface area contributed by atoms with Crippen molar-refractivity contribution in [2.24, 2.45) is 11.5 Å². The molecule has 3 aromatic rings. The van der Waals surface area contributed by atoms with Gasteiger partial charge in [0.05, 0.1) is 37.5 Å². The van der Waals surface area contributed by atoms with E-state index in [9.17, 15) is 9.59 Å². The van der Waals surface area contributed by atoms with Crippen LogP contribution in [0.1, 0.15) is 71.2 Å². The molecule has 3 aromatic heterocycles. The lowest BCUT2D eigenvalue weighted by molar-refractivity contribution is -0.144. The summed E-state index contributed by atoms with van der Waals surface area (Å²) in [6.45, 7) is 8.47. The minimum Gasteiger partial charge on any atom is -0.469 e. The first-order chi connectivity index (χ1) is 19.7. The Morgan fingerprint density at radius 2 is 1.14 bits per heavy atom. The molecule has 3 heterocycles. The summed E-state index contributed by atoms with van der Waals surface area (Å²) in [5.74, 6) is 2.17. The van der Waals surface area contributed by atoms with E-state index in [0.29, 0.717) is 12.8 Å². The molecule has 0 radical (unpaired) electrons. The van der Waals surface area contributed by atoms with E-state index in [-0.39, 0.29) is 31.7 Å². The molecule has 3 rings (SSSR count). The third-order valence-corrected chi connectivity index (χ3v) is 6.34. The lowest BCUT2D eigenvalue weighted by Gasteiger charge is -2.29. The van der Waals surface area contributed by atoms with Crippen LogP contribution >= 0.6 is 0 Å². The van der Waals surface area contributed by atoms with Gasteiger partial charge in [0, 0.05) is 44.2 Å². The number of carbonyl (C=O) groups is 2. The molecule has 7 N–H and O–H groups in total. The maximum Gasteiger partial charge on any atom is 0.302 e. The van der Waals surface area contributed by atoms with Gasteiger partial charge in [-0.3, -0.25) is 9.59 Å². The molecule has 42 heavy (non-hydrogen) atoms. The molecule has 0 aliphatic heterocycles. The van der Waals surface area contributed by atoms with Crippen LogP contribution in [0.2, 0.25) is 0 Å². The lowest BCUT2D eigenvalue weighted by atomic mass is 9.96. The topological polar surface area (TPSA) is 187 Å². The number of ether oxygens (including phenoxy) is 1. The van der Waals surface area contributed by atoms with Crippen molar-refractivity contribution < 1.29 is 37.8 Å². The normalized spacial score (nSPS) is 15.0. The van der Waals surface area contributed by atoms with E-state index in [1.54, 1.807) is 18.8 Å². The van der Waals surface area contributed by atoms with Crippen LogP contribution in [0.4, 0.5) is 0 Å². The van der Waals surface area contributed by atoms with Gasteiger partial charge in [0.2, 0.25) is 5.91 Å². The van der Waals surface area contributed by atoms with Gasteiger partial charge in [0.15, 0.2) is 0 Å². The van der Waals surface area contributed by atoms with Crippen molar-refractivity contribution >= 4 is 11.9 Å². The number of hydrogen-bond donors (Lipinski definition) is 5. The van der Waals surface area contributed by atoms with Gasteiger partial charge >= 0.3 is 5.97 Å². The number of esters is 1. The summed E-state index contributed by atoms with van der Waals surface area (Å²) in [6, 6.07) is 11.2. The summed E-state index contributed by atoms with van der Waals surface area (Å²) in [5.41, 5.74) is 9.92. The van der Waals surface area contributed by atoms with Crippen LogP contribution in [0.25, 0.3) is 0 Å². The van der Waals surface area contributed by atoms with E-state index in [2.05, 4.69) is 5.32 Å². The summed E-state index contributed by atoms with van der Waals surface area (Å²) >= 11 is 0. The molecule has 0 fully saturated rings. The van der Waals surface area contributed by atoms with Crippen molar-refractivity contribution in [3.8, 4) is 0 Å². The molecular formula is C31H49N3O8. The van der Waals surface area contributed by atoms with Crippen LogP contribution in [0.15, 0.2) is 68.4 Å². The van der Waals surface area contributed by atoms with Crippen LogP contribution in [0.3, 0.4) is 0 Å². The molecular weight excluding hydrogens is 542 g/mol. The number of aliphatic hydroxyl groups excluding tert-OH is 2. The van der Waals surface area contributed by atoms with Gasteiger partial charge in [0.1, 0.15) is 23.9 Å². The second-order valence-electron chi connectivity index (χ2n) is 11.4. The number of hydrogen-bond acceptors (Lipinski definition) is 10. The molecule has 0 saturated carbocycles. The number of aliphatic hydroxyl groups is 2. The standard InChI is InChI=1S/C13H19NO4.2C9H15NO2/c1-10(15)14-13(3,9-18-11(2)16)7-6-12-5-4-8-17-12;2*1-9(10,7-11)5-4-8-3-2-6-12-8/h4-5,8H,6-7,9H2,1-3H3,(H,14,15);2*2-3,6,11H,4-5,7,10H2,1H3/t13-;;/m1../s1. The van der Waals surface area contributed by atoms with E-state index >= 15 is 0 Å². The Balaban J connectivity index is 0.000000325. The monoisotopic (exact) mass is 591 g/mol. The summed E-state index contributed by atoms with van der Waals surface area (Å²) in [4.78, 5) is 22.0. The molecule has 11 nitrogen and oxygen atoms in total. The summed E-state index contributed by atoms with van der Waals surface area (Å²) in [5, 5.41) is 20.6. The number of aryl methyl sites for hydroxylation is 3. The average molecular weight is 592 g/mol. The number of furan rings is 3. The van der Waals surface area contributed by atoms with E-state index in [4.69, 9.17) is 39.7 Å². The van der Waals surface area contributed by atoms with Crippen LogP contribution in [0.5, 0.6) is 0 Å². The van der Waals surface area contributed by atoms with E-state index in [1.807, 2.05) is 57.2 Å². The average Bonchev–Trinajstić information content (AvgIpc) is 3.74. The van der Waals surface area contributed by atoms with Crippen molar-refractivity contribution in [1.82, 2.24) is 5.32 Å². The molecule has 236 valence electrons. The number of rotatable bonds is 14. The first-order valence-electron chi connectivity index (χ1n) is 14.0. The van der Waals surface area contributed by atoms with Gasteiger partial charge in [-0.1, -0.05) is 0 Å². The van der Waals surface area contributed by atoms with Gasteiger partial charge in [-0.15, -0.1) is 0 Å². The molecule has 0 aliphatic rings. The Bertz CT molecular complexity index is 1060. The predicted molar refractivity (Wildman–Crippen MR) is 159 cm³/mol.